The van der Waals surface area contributed by atoms with Crippen LogP contribution in [0.1, 0.15) is 34.8 Å². The molecular formula is C19H19FN4O. The van der Waals surface area contributed by atoms with Gasteiger partial charge in [-0.2, -0.15) is 5.10 Å². The van der Waals surface area contributed by atoms with Gasteiger partial charge in [0.15, 0.2) is 5.65 Å². The van der Waals surface area contributed by atoms with Gasteiger partial charge in [-0.25, -0.2) is 9.37 Å². The van der Waals surface area contributed by atoms with Gasteiger partial charge in [-0.3, -0.25) is 9.48 Å². The molecule has 1 saturated heterocycles. The zero-order valence-electron chi connectivity index (χ0n) is 14.0. The van der Waals surface area contributed by atoms with Crippen LogP contribution in [0.15, 0.2) is 42.6 Å². The van der Waals surface area contributed by atoms with E-state index in [9.17, 15) is 9.18 Å². The Labute approximate surface area is 145 Å². The number of amides is 1. The Morgan fingerprint density at radius 1 is 1.16 bits per heavy atom. The first kappa shape index (κ1) is 15.7. The van der Waals surface area contributed by atoms with E-state index < -0.39 is 5.82 Å². The SMILES string of the molecule is Cn1nc(C2CCN(C(=O)c3ccccc3F)CC2)c2cccnc21. The highest BCUT2D eigenvalue weighted by atomic mass is 19.1. The maximum Gasteiger partial charge on any atom is 0.256 e. The standard InChI is InChI=1S/C19H19FN4O/c1-23-18-15(6-4-10-21-18)17(22-23)13-8-11-24(12-9-13)19(25)14-5-2-3-7-16(14)20/h2-7,10,13H,8-9,11-12H2,1H3. The molecule has 1 aliphatic rings. The van der Waals surface area contributed by atoms with E-state index in [0.717, 1.165) is 29.6 Å². The van der Waals surface area contributed by atoms with E-state index in [-0.39, 0.29) is 17.4 Å². The van der Waals surface area contributed by atoms with Crippen LogP contribution < -0.4 is 0 Å². The van der Waals surface area contributed by atoms with Crippen molar-refractivity contribution >= 4 is 16.9 Å². The monoisotopic (exact) mass is 338 g/mol. The minimum absolute atomic E-state index is 0.147. The number of aromatic nitrogens is 3. The molecule has 1 aliphatic heterocycles. The number of nitrogens with zero attached hydrogens (tertiary/aromatic N) is 4. The number of rotatable bonds is 2. The van der Waals surface area contributed by atoms with Crippen LogP contribution in [0, 0.1) is 5.82 Å². The van der Waals surface area contributed by atoms with Crippen LogP contribution >= 0.6 is 0 Å². The van der Waals surface area contributed by atoms with E-state index in [1.807, 2.05) is 23.9 Å². The van der Waals surface area contributed by atoms with Gasteiger partial charge in [-0.05, 0) is 37.1 Å². The molecule has 0 saturated carbocycles. The summed E-state index contributed by atoms with van der Waals surface area (Å²) < 4.78 is 15.7. The van der Waals surface area contributed by atoms with Gasteiger partial charge in [0.1, 0.15) is 5.82 Å². The molecule has 4 rings (SSSR count). The molecule has 0 N–H and O–H groups in total. The third-order valence-corrected chi connectivity index (χ3v) is 4.90. The molecule has 1 amide bonds. The molecule has 3 heterocycles. The van der Waals surface area contributed by atoms with Gasteiger partial charge in [0.2, 0.25) is 0 Å². The minimum Gasteiger partial charge on any atom is -0.339 e. The average Bonchev–Trinajstić information content (AvgIpc) is 2.99. The summed E-state index contributed by atoms with van der Waals surface area (Å²) in [4.78, 5) is 18.7. The number of carbonyl (C=O) groups excluding carboxylic acids is 1. The molecule has 0 radical (unpaired) electrons. The van der Waals surface area contributed by atoms with Crippen molar-refractivity contribution in [2.24, 2.45) is 7.05 Å². The third kappa shape index (κ3) is 2.77. The summed E-state index contributed by atoms with van der Waals surface area (Å²) in [6, 6.07) is 10.1. The fraction of sp³-hybridized carbons (Fsp3) is 0.316. The van der Waals surface area contributed by atoms with Crippen molar-refractivity contribution < 1.29 is 9.18 Å². The van der Waals surface area contributed by atoms with Crippen molar-refractivity contribution in [3.63, 3.8) is 0 Å². The zero-order valence-corrected chi connectivity index (χ0v) is 14.0. The van der Waals surface area contributed by atoms with Crippen molar-refractivity contribution in [3.05, 3.63) is 59.7 Å². The van der Waals surface area contributed by atoms with Crippen molar-refractivity contribution in [1.82, 2.24) is 19.7 Å². The molecule has 25 heavy (non-hydrogen) atoms. The van der Waals surface area contributed by atoms with E-state index in [1.54, 1.807) is 29.3 Å². The smallest absolute Gasteiger partial charge is 0.256 e. The van der Waals surface area contributed by atoms with Crippen LogP contribution in [0.4, 0.5) is 4.39 Å². The molecule has 6 heteroatoms. The fourth-order valence-corrected chi connectivity index (χ4v) is 3.58. The Morgan fingerprint density at radius 3 is 2.68 bits per heavy atom. The fourth-order valence-electron chi connectivity index (χ4n) is 3.58. The summed E-state index contributed by atoms with van der Waals surface area (Å²) in [5.41, 5.74) is 2.07. The topological polar surface area (TPSA) is 51.0 Å². The minimum atomic E-state index is -0.462. The van der Waals surface area contributed by atoms with Gasteiger partial charge >= 0.3 is 0 Å². The van der Waals surface area contributed by atoms with Gasteiger partial charge in [0.25, 0.3) is 5.91 Å². The van der Waals surface area contributed by atoms with Crippen LogP contribution in [0.5, 0.6) is 0 Å². The van der Waals surface area contributed by atoms with Gasteiger partial charge in [-0.15, -0.1) is 0 Å². The van der Waals surface area contributed by atoms with Crippen LogP contribution in [0.2, 0.25) is 0 Å². The number of pyridine rings is 1. The molecule has 128 valence electrons. The van der Waals surface area contributed by atoms with Gasteiger partial charge < -0.3 is 4.90 Å². The zero-order chi connectivity index (χ0) is 17.4. The average molecular weight is 338 g/mol. The highest BCUT2D eigenvalue weighted by Crippen LogP contribution is 2.32. The Hall–Kier alpha value is -2.76. The lowest BCUT2D eigenvalue weighted by molar-refractivity contribution is 0.0707. The molecule has 0 atom stereocenters. The predicted molar refractivity (Wildman–Crippen MR) is 92.8 cm³/mol. The number of likely N-dealkylation sites (tertiary alicyclic amines) is 1. The molecule has 0 bridgehead atoms. The van der Waals surface area contributed by atoms with Crippen LogP contribution in [-0.4, -0.2) is 38.7 Å². The lowest BCUT2D eigenvalue weighted by atomic mass is 9.91. The number of hydrogen-bond acceptors (Lipinski definition) is 3. The largest absolute Gasteiger partial charge is 0.339 e. The molecule has 0 spiro atoms. The Morgan fingerprint density at radius 2 is 1.92 bits per heavy atom. The van der Waals surface area contributed by atoms with Crippen LogP contribution in [0.3, 0.4) is 0 Å². The Bertz CT molecular complexity index is 928. The van der Waals surface area contributed by atoms with Crippen LogP contribution in [-0.2, 0) is 7.05 Å². The normalized spacial score (nSPS) is 15.7. The molecule has 0 unspecified atom stereocenters. The number of piperidine rings is 1. The maximum atomic E-state index is 13.8. The highest BCUT2D eigenvalue weighted by molar-refractivity contribution is 5.94. The molecule has 0 aliphatic carbocycles. The number of halogens is 1. The molecule has 1 aromatic carbocycles. The van der Waals surface area contributed by atoms with E-state index >= 15 is 0 Å². The quantitative estimate of drug-likeness (QED) is 0.721. The van der Waals surface area contributed by atoms with Crippen LogP contribution in [0.25, 0.3) is 11.0 Å². The van der Waals surface area contributed by atoms with E-state index in [0.29, 0.717) is 13.1 Å². The van der Waals surface area contributed by atoms with Crippen molar-refractivity contribution in [2.45, 2.75) is 18.8 Å². The first-order valence-electron chi connectivity index (χ1n) is 8.46. The Balaban J connectivity index is 1.52. The summed E-state index contributed by atoms with van der Waals surface area (Å²) in [5, 5.41) is 5.72. The lowest BCUT2D eigenvalue weighted by Crippen LogP contribution is -2.38. The number of aryl methyl sites for hydroxylation is 1. The second-order valence-electron chi connectivity index (χ2n) is 6.43. The highest BCUT2D eigenvalue weighted by Gasteiger charge is 2.28. The van der Waals surface area contributed by atoms with Gasteiger partial charge in [0.05, 0.1) is 11.3 Å². The second kappa shape index (κ2) is 6.27. The van der Waals surface area contributed by atoms with Gasteiger partial charge in [-0.1, -0.05) is 12.1 Å². The summed E-state index contributed by atoms with van der Waals surface area (Å²) >= 11 is 0. The predicted octanol–water partition coefficient (Wildman–Crippen LogP) is 3.13. The first-order valence-corrected chi connectivity index (χ1v) is 8.46. The summed E-state index contributed by atoms with van der Waals surface area (Å²) in [7, 11) is 1.90. The van der Waals surface area contributed by atoms with E-state index in [4.69, 9.17) is 0 Å². The summed E-state index contributed by atoms with van der Waals surface area (Å²) in [6.07, 6.45) is 3.41. The molecule has 1 fully saturated rings. The first-order chi connectivity index (χ1) is 12.1. The lowest BCUT2D eigenvalue weighted by Gasteiger charge is -2.31. The number of benzene rings is 1. The second-order valence-corrected chi connectivity index (χ2v) is 6.43. The maximum absolute atomic E-state index is 13.8. The third-order valence-electron chi connectivity index (χ3n) is 4.90. The van der Waals surface area contributed by atoms with Crippen molar-refractivity contribution in [2.75, 3.05) is 13.1 Å². The summed E-state index contributed by atoms with van der Waals surface area (Å²) in [5.74, 6) is -0.405. The summed E-state index contributed by atoms with van der Waals surface area (Å²) in [6.45, 7) is 1.21. The molecule has 2 aromatic heterocycles. The number of fused-ring (bicyclic) bond motifs is 1. The van der Waals surface area contributed by atoms with E-state index in [2.05, 4.69) is 10.1 Å². The molecular weight excluding hydrogens is 319 g/mol. The number of carbonyl (C=O) groups is 1. The van der Waals surface area contributed by atoms with Crippen molar-refractivity contribution in [1.29, 1.82) is 0 Å². The van der Waals surface area contributed by atoms with E-state index in [1.165, 1.54) is 6.07 Å². The Kier molecular flexibility index (Phi) is 3.95. The number of hydrogen-bond donors (Lipinski definition) is 0. The molecule has 3 aromatic rings. The van der Waals surface area contributed by atoms with Crippen molar-refractivity contribution in [3.8, 4) is 0 Å². The molecule has 5 nitrogen and oxygen atoms in total. The van der Waals surface area contributed by atoms with Gasteiger partial charge in [0, 0.05) is 37.6 Å².